The zero-order valence-electron chi connectivity index (χ0n) is 6.62. The van der Waals surface area contributed by atoms with Crippen molar-refractivity contribution in [3.05, 3.63) is 24.3 Å². The largest absolute Gasteiger partial charge is 0.394 e. The Morgan fingerprint density at radius 1 is 0.900 bits per heavy atom. The Labute approximate surface area is 62.5 Å². The number of rotatable bonds is 2. The summed E-state index contributed by atoms with van der Waals surface area (Å²) in [6, 6.07) is 0. The van der Waals surface area contributed by atoms with Gasteiger partial charge < -0.3 is 10.2 Å². The Bertz CT molecular complexity index is 73.3. The molecule has 2 nitrogen and oxygen atoms in total. The van der Waals surface area contributed by atoms with Crippen LogP contribution in [0.5, 0.6) is 0 Å². The second-order valence-electron chi connectivity index (χ2n) is 1.50. The molecule has 0 unspecified atom stereocenters. The van der Waals surface area contributed by atoms with Crippen molar-refractivity contribution in [2.24, 2.45) is 0 Å². The lowest BCUT2D eigenvalue weighted by atomic mass is 10.5. The van der Waals surface area contributed by atoms with Crippen molar-refractivity contribution in [2.45, 2.75) is 13.8 Å². The molecule has 0 aliphatic rings. The molecule has 2 heteroatoms. The van der Waals surface area contributed by atoms with Gasteiger partial charge in [-0.15, -0.1) is 0 Å². The minimum absolute atomic E-state index is 0.125. The second-order valence-corrected chi connectivity index (χ2v) is 1.50. The minimum Gasteiger partial charge on any atom is -0.394 e. The summed E-state index contributed by atoms with van der Waals surface area (Å²) < 4.78 is 0. The zero-order chi connectivity index (χ0) is 8.24. The van der Waals surface area contributed by atoms with Gasteiger partial charge in [0.1, 0.15) is 0 Å². The van der Waals surface area contributed by atoms with E-state index in [-0.39, 0.29) is 13.2 Å². The predicted octanol–water partition coefficient (Wildman–Crippen LogP) is 1.11. The molecule has 0 aromatic heterocycles. The van der Waals surface area contributed by atoms with E-state index in [1.54, 1.807) is 0 Å². The highest BCUT2D eigenvalue weighted by atomic mass is 16.3. The fraction of sp³-hybridized carbons (Fsp3) is 0.500. The maximum Gasteiger partial charge on any atom is 0.0662 e. The van der Waals surface area contributed by atoms with Crippen LogP contribution in [0.25, 0.3) is 0 Å². The molecule has 0 bridgehead atoms. The van der Waals surface area contributed by atoms with Gasteiger partial charge in [0.25, 0.3) is 0 Å². The molecule has 0 atom stereocenters. The molecule has 60 valence electrons. The fourth-order valence-electron chi connectivity index (χ4n) is 0.222. The summed E-state index contributed by atoms with van der Waals surface area (Å²) in [4.78, 5) is 0. The molecule has 0 aromatic rings. The normalized spacial score (nSPS) is 10.0. The summed E-state index contributed by atoms with van der Waals surface area (Å²) in [5.41, 5.74) is 0. The first-order chi connectivity index (χ1) is 4.83. The summed E-state index contributed by atoms with van der Waals surface area (Å²) in [5, 5.41) is 15.2. The highest BCUT2D eigenvalue weighted by Gasteiger charge is 1.58. The fourth-order valence-corrected chi connectivity index (χ4v) is 0.222. The van der Waals surface area contributed by atoms with Gasteiger partial charge in [-0.25, -0.2) is 0 Å². The molecular weight excluding hydrogens is 128 g/mol. The minimum atomic E-state index is -0.125. The highest BCUT2D eigenvalue weighted by molar-refractivity contribution is 4.98. The third-order valence-corrected chi connectivity index (χ3v) is 0.596. The standard InChI is InChI=1S/C6H10.C2H6O2/c1-3-5-6-4-2;3-1-2-4/h3-6H,1-2H3;3-4H,1-2H2. The molecule has 0 radical (unpaired) electrons. The average molecular weight is 144 g/mol. The van der Waals surface area contributed by atoms with Gasteiger partial charge in [-0.1, -0.05) is 24.3 Å². The molecule has 0 fully saturated rings. The predicted molar refractivity (Wildman–Crippen MR) is 43.8 cm³/mol. The van der Waals surface area contributed by atoms with Crippen LogP contribution in [0.3, 0.4) is 0 Å². The van der Waals surface area contributed by atoms with Crippen LogP contribution >= 0.6 is 0 Å². The summed E-state index contributed by atoms with van der Waals surface area (Å²) in [7, 11) is 0. The Balaban J connectivity index is 0. The maximum absolute atomic E-state index is 7.62. The molecule has 0 amide bonds. The third-order valence-electron chi connectivity index (χ3n) is 0.596. The smallest absolute Gasteiger partial charge is 0.0662 e. The van der Waals surface area contributed by atoms with Crippen LogP contribution in [0.15, 0.2) is 24.3 Å². The van der Waals surface area contributed by atoms with Gasteiger partial charge in [0.2, 0.25) is 0 Å². The number of allylic oxidation sites excluding steroid dienone is 4. The molecular formula is C8H16O2. The topological polar surface area (TPSA) is 40.5 Å². The molecule has 2 N–H and O–H groups in total. The molecule has 0 rings (SSSR count). The van der Waals surface area contributed by atoms with E-state index < -0.39 is 0 Å². The molecule has 10 heavy (non-hydrogen) atoms. The summed E-state index contributed by atoms with van der Waals surface area (Å²) in [6.07, 6.45) is 8.00. The van der Waals surface area contributed by atoms with Gasteiger partial charge in [0.15, 0.2) is 0 Å². The van der Waals surface area contributed by atoms with E-state index in [0.29, 0.717) is 0 Å². The van der Waals surface area contributed by atoms with Gasteiger partial charge >= 0.3 is 0 Å². The van der Waals surface area contributed by atoms with Gasteiger partial charge in [-0.2, -0.15) is 0 Å². The number of hydrogen-bond acceptors (Lipinski definition) is 2. The van der Waals surface area contributed by atoms with Crippen molar-refractivity contribution in [2.75, 3.05) is 13.2 Å². The molecule has 0 aromatic carbocycles. The molecule has 0 saturated carbocycles. The quantitative estimate of drug-likeness (QED) is 0.570. The van der Waals surface area contributed by atoms with E-state index in [4.69, 9.17) is 10.2 Å². The van der Waals surface area contributed by atoms with Gasteiger partial charge in [-0.05, 0) is 13.8 Å². The van der Waals surface area contributed by atoms with E-state index in [9.17, 15) is 0 Å². The first-order valence-corrected chi connectivity index (χ1v) is 3.29. The summed E-state index contributed by atoms with van der Waals surface area (Å²) >= 11 is 0. The SMILES string of the molecule is CC=CC=CC.OCCO. The third kappa shape index (κ3) is 26.2. The Morgan fingerprint density at radius 3 is 1.30 bits per heavy atom. The molecule has 0 aliphatic heterocycles. The molecule has 0 spiro atoms. The Morgan fingerprint density at radius 2 is 1.20 bits per heavy atom. The highest BCUT2D eigenvalue weighted by Crippen LogP contribution is 1.71. The van der Waals surface area contributed by atoms with E-state index >= 15 is 0 Å². The summed E-state index contributed by atoms with van der Waals surface area (Å²) in [6.45, 7) is 3.75. The van der Waals surface area contributed by atoms with Crippen LogP contribution in [0, 0.1) is 0 Å². The second kappa shape index (κ2) is 15.8. The van der Waals surface area contributed by atoms with Crippen molar-refractivity contribution in [3.8, 4) is 0 Å². The van der Waals surface area contributed by atoms with Gasteiger partial charge in [0, 0.05) is 0 Å². The average Bonchev–Trinajstić information content (AvgIpc) is 2.01. The number of hydrogen-bond donors (Lipinski definition) is 2. The Hall–Kier alpha value is -0.600. The lowest BCUT2D eigenvalue weighted by molar-refractivity contribution is 0.186. The van der Waals surface area contributed by atoms with Crippen molar-refractivity contribution in [1.82, 2.24) is 0 Å². The Kier molecular flexibility index (Phi) is 19.1. The first kappa shape index (κ1) is 12.1. The van der Waals surface area contributed by atoms with Crippen molar-refractivity contribution < 1.29 is 10.2 Å². The van der Waals surface area contributed by atoms with Gasteiger partial charge in [-0.3, -0.25) is 0 Å². The monoisotopic (exact) mass is 144 g/mol. The van der Waals surface area contributed by atoms with Crippen LogP contribution < -0.4 is 0 Å². The van der Waals surface area contributed by atoms with Crippen molar-refractivity contribution in [1.29, 1.82) is 0 Å². The molecule has 0 heterocycles. The zero-order valence-corrected chi connectivity index (χ0v) is 6.62. The van der Waals surface area contributed by atoms with Gasteiger partial charge in [0.05, 0.1) is 13.2 Å². The van der Waals surface area contributed by atoms with E-state index in [1.165, 1.54) is 0 Å². The lowest BCUT2D eigenvalue weighted by Gasteiger charge is -1.70. The number of aliphatic hydroxyl groups is 2. The van der Waals surface area contributed by atoms with Crippen molar-refractivity contribution >= 4 is 0 Å². The van der Waals surface area contributed by atoms with Crippen LogP contribution in [-0.2, 0) is 0 Å². The molecule has 0 aliphatic carbocycles. The lowest BCUT2D eigenvalue weighted by Crippen LogP contribution is -1.85. The van der Waals surface area contributed by atoms with Crippen LogP contribution in [0.4, 0.5) is 0 Å². The van der Waals surface area contributed by atoms with E-state index in [2.05, 4.69) is 0 Å². The van der Waals surface area contributed by atoms with Crippen LogP contribution in [0.1, 0.15) is 13.8 Å². The first-order valence-electron chi connectivity index (χ1n) is 3.29. The number of aliphatic hydroxyl groups excluding tert-OH is 2. The van der Waals surface area contributed by atoms with Crippen LogP contribution in [-0.4, -0.2) is 23.4 Å². The van der Waals surface area contributed by atoms with Crippen molar-refractivity contribution in [3.63, 3.8) is 0 Å². The summed E-state index contributed by atoms with van der Waals surface area (Å²) in [5.74, 6) is 0. The van der Waals surface area contributed by atoms with Crippen LogP contribution in [0.2, 0.25) is 0 Å². The maximum atomic E-state index is 7.62. The van der Waals surface area contributed by atoms with E-state index in [1.807, 2.05) is 38.2 Å². The molecule has 0 saturated heterocycles. The van der Waals surface area contributed by atoms with E-state index in [0.717, 1.165) is 0 Å².